The molecule has 0 aliphatic carbocycles. The van der Waals surface area contributed by atoms with Crippen molar-refractivity contribution in [1.29, 1.82) is 0 Å². The van der Waals surface area contributed by atoms with E-state index in [4.69, 9.17) is 9.47 Å². The van der Waals surface area contributed by atoms with Gasteiger partial charge in [-0.15, -0.1) is 0 Å². The number of pyridine rings is 1. The number of rotatable bonds is 3. The highest BCUT2D eigenvalue weighted by atomic mass is 79.9. The standard InChI is InChI=1S/C10H13BrN2O2/c1-14-10(15-2)6-13(7-10)9-8(11)4-3-5-12-9/h3-5H,6-7H2,1-2H3. The van der Waals surface area contributed by atoms with E-state index >= 15 is 0 Å². The summed E-state index contributed by atoms with van der Waals surface area (Å²) in [5, 5.41) is 0. The molecule has 0 bridgehead atoms. The number of methoxy groups -OCH3 is 2. The molecule has 0 unspecified atom stereocenters. The highest BCUT2D eigenvalue weighted by Crippen LogP contribution is 2.33. The Hall–Kier alpha value is -0.650. The van der Waals surface area contributed by atoms with E-state index in [-0.39, 0.29) is 0 Å². The minimum absolute atomic E-state index is 0.461. The van der Waals surface area contributed by atoms with E-state index in [1.807, 2.05) is 12.1 Å². The maximum atomic E-state index is 5.31. The molecule has 1 aliphatic heterocycles. The molecule has 15 heavy (non-hydrogen) atoms. The molecule has 0 radical (unpaired) electrons. The van der Waals surface area contributed by atoms with Crippen molar-refractivity contribution < 1.29 is 9.47 Å². The molecule has 1 aromatic rings. The molecular weight excluding hydrogens is 260 g/mol. The van der Waals surface area contributed by atoms with Crippen molar-refractivity contribution in [3.63, 3.8) is 0 Å². The Morgan fingerprint density at radius 3 is 2.60 bits per heavy atom. The van der Waals surface area contributed by atoms with Crippen molar-refractivity contribution in [2.45, 2.75) is 5.79 Å². The van der Waals surface area contributed by atoms with Crippen molar-refractivity contribution >= 4 is 21.7 Å². The molecule has 2 heterocycles. The fraction of sp³-hybridized carbons (Fsp3) is 0.500. The van der Waals surface area contributed by atoms with Gasteiger partial charge >= 0.3 is 0 Å². The predicted molar refractivity (Wildman–Crippen MR) is 60.9 cm³/mol. The molecule has 1 fully saturated rings. The van der Waals surface area contributed by atoms with Crippen molar-refractivity contribution in [2.24, 2.45) is 0 Å². The Balaban J connectivity index is 2.09. The molecule has 0 saturated carbocycles. The zero-order valence-electron chi connectivity index (χ0n) is 8.74. The largest absolute Gasteiger partial charge is 0.350 e. The SMILES string of the molecule is COC1(OC)CN(c2ncccc2Br)C1. The lowest BCUT2D eigenvalue weighted by molar-refractivity contribution is -0.219. The summed E-state index contributed by atoms with van der Waals surface area (Å²) in [6, 6.07) is 3.87. The first kappa shape index (κ1) is 10.9. The molecule has 0 N–H and O–H groups in total. The fourth-order valence-electron chi connectivity index (χ4n) is 1.64. The quantitative estimate of drug-likeness (QED) is 0.784. The molecule has 1 aromatic heterocycles. The van der Waals surface area contributed by atoms with Crippen LogP contribution in [0.4, 0.5) is 5.82 Å². The molecule has 0 aromatic carbocycles. The van der Waals surface area contributed by atoms with Crippen LogP contribution in [0.25, 0.3) is 0 Å². The van der Waals surface area contributed by atoms with Crippen LogP contribution in [0, 0.1) is 0 Å². The average molecular weight is 273 g/mol. The van der Waals surface area contributed by atoms with Gasteiger partial charge in [-0.1, -0.05) is 0 Å². The number of hydrogen-bond donors (Lipinski definition) is 0. The van der Waals surface area contributed by atoms with Crippen LogP contribution < -0.4 is 4.90 Å². The number of hydrogen-bond acceptors (Lipinski definition) is 4. The summed E-state index contributed by atoms with van der Waals surface area (Å²) in [5.41, 5.74) is 0. The van der Waals surface area contributed by atoms with Crippen molar-refractivity contribution in [3.05, 3.63) is 22.8 Å². The van der Waals surface area contributed by atoms with Crippen LogP contribution >= 0.6 is 15.9 Å². The van der Waals surface area contributed by atoms with Gasteiger partial charge in [0.05, 0.1) is 17.6 Å². The van der Waals surface area contributed by atoms with E-state index in [9.17, 15) is 0 Å². The number of ether oxygens (including phenoxy) is 2. The Morgan fingerprint density at radius 1 is 1.40 bits per heavy atom. The van der Waals surface area contributed by atoms with E-state index in [0.717, 1.165) is 10.3 Å². The second kappa shape index (κ2) is 4.08. The lowest BCUT2D eigenvalue weighted by Gasteiger charge is -2.48. The summed E-state index contributed by atoms with van der Waals surface area (Å²) < 4.78 is 11.6. The van der Waals surface area contributed by atoms with Gasteiger partial charge in [-0.25, -0.2) is 4.98 Å². The Labute approximate surface area is 97.3 Å². The maximum absolute atomic E-state index is 5.31. The van der Waals surface area contributed by atoms with Crippen molar-refractivity contribution in [2.75, 3.05) is 32.2 Å². The molecule has 5 heteroatoms. The lowest BCUT2D eigenvalue weighted by Crippen LogP contribution is -2.64. The minimum atomic E-state index is -0.461. The summed E-state index contributed by atoms with van der Waals surface area (Å²) in [7, 11) is 3.32. The smallest absolute Gasteiger partial charge is 0.203 e. The third kappa shape index (κ3) is 1.87. The maximum Gasteiger partial charge on any atom is 0.203 e. The van der Waals surface area contributed by atoms with Crippen LogP contribution in [0.15, 0.2) is 22.8 Å². The molecule has 2 rings (SSSR count). The number of anilines is 1. The van der Waals surface area contributed by atoms with Gasteiger partial charge in [-0.3, -0.25) is 0 Å². The Bertz CT molecular complexity index is 347. The monoisotopic (exact) mass is 272 g/mol. The van der Waals surface area contributed by atoms with Gasteiger partial charge in [0.2, 0.25) is 5.79 Å². The zero-order valence-corrected chi connectivity index (χ0v) is 10.3. The highest BCUT2D eigenvalue weighted by molar-refractivity contribution is 9.10. The molecule has 0 atom stereocenters. The molecule has 0 amide bonds. The summed E-state index contributed by atoms with van der Waals surface area (Å²) in [4.78, 5) is 6.41. The summed E-state index contributed by atoms with van der Waals surface area (Å²) in [5.74, 6) is 0.471. The van der Waals surface area contributed by atoms with Gasteiger partial charge in [0.15, 0.2) is 0 Å². The van der Waals surface area contributed by atoms with Crippen LogP contribution in [-0.2, 0) is 9.47 Å². The van der Waals surface area contributed by atoms with Gasteiger partial charge in [0, 0.05) is 20.4 Å². The fourth-order valence-corrected chi connectivity index (χ4v) is 2.14. The Kier molecular flexibility index (Phi) is 2.95. The van der Waals surface area contributed by atoms with Crippen LogP contribution in [0.1, 0.15) is 0 Å². The molecule has 1 saturated heterocycles. The van der Waals surface area contributed by atoms with E-state index in [1.54, 1.807) is 20.4 Å². The van der Waals surface area contributed by atoms with Crippen LogP contribution in [0.2, 0.25) is 0 Å². The molecule has 0 spiro atoms. The first-order valence-corrected chi connectivity index (χ1v) is 5.46. The number of halogens is 1. The topological polar surface area (TPSA) is 34.6 Å². The van der Waals surface area contributed by atoms with Crippen LogP contribution in [0.3, 0.4) is 0 Å². The van der Waals surface area contributed by atoms with Crippen LogP contribution in [0.5, 0.6) is 0 Å². The van der Waals surface area contributed by atoms with Gasteiger partial charge in [-0.2, -0.15) is 0 Å². The van der Waals surface area contributed by atoms with E-state index in [2.05, 4.69) is 25.8 Å². The van der Waals surface area contributed by atoms with Crippen LogP contribution in [-0.4, -0.2) is 38.1 Å². The predicted octanol–water partition coefficient (Wildman–Crippen LogP) is 1.65. The first-order chi connectivity index (χ1) is 7.21. The highest BCUT2D eigenvalue weighted by Gasteiger charge is 2.44. The molecule has 82 valence electrons. The normalized spacial score (nSPS) is 18.7. The lowest BCUT2D eigenvalue weighted by atomic mass is 10.1. The van der Waals surface area contributed by atoms with Gasteiger partial charge < -0.3 is 14.4 Å². The number of nitrogens with zero attached hydrogens (tertiary/aromatic N) is 2. The summed E-state index contributed by atoms with van der Waals surface area (Å²) >= 11 is 3.47. The zero-order chi connectivity index (χ0) is 10.9. The Morgan fingerprint density at radius 2 is 2.07 bits per heavy atom. The van der Waals surface area contributed by atoms with E-state index < -0.39 is 5.79 Å². The van der Waals surface area contributed by atoms with Crippen molar-refractivity contribution in [3.8, 4) is 0 Å². The van der Waals surface area contributed by atoms with Gasteiger partial charge in [0.25, 0.3) is 0 Å². The van der Waals surface area contributed by atoms with Crippen molar-refractivity contribution in [1.82, 2.24) is 4.98 Å². The average Bonchev–Trinajstić information content (AvgIpc) is 2.20. The second-order valence-electron chi connectivity index (χ2n) is 3.48. The first-order valence-electron chi connectivity index (χ1n) is 4.66. The summed E-state index contributed by atoms with van der Waals surface area (Å²) in [6.45, 7) is 1.41. The van der Waals surface area contributed by atoms with Gasteiger partial charge in [-0.05, 0) is 28.1 Å². The minimum Gasteiger partial charge on any atom is -0.350 e. The van der Waals surface area contributed by atoms with E-state index in [0.29, 0.717) is 13.1 Å². The number of aromatic nitrogens is 1. The summed E-state index contributed by atoms with van der Waals surface area (Å²) in [6.07, 6.45) is 1.78. The molecule has 1 aliphatic rings. The second-order valence-corrected chi connectivity index (χ2v) is 4.34. The van der Waals surface area contributed by atoms with E-state index in [1.165, 1.54) is 0 Å². The third-order valence-electron chi connectivity index (χ3n) is 2.65. The molecular formula is C10H13BrN2O2. The third-order valence-corrected chi connectivity index (χ3v) is 3.27. The molecule has 4 nitrogen and oxygen atoms in total. The van der Waals surface area contributed by atoms with Gasteiger partial charge in [0.1, 0.15) is 5.82 Å².